The second kappa shape index (κ2) is 8.58. The minimum Gasteiger partial charge on any atom is -0.461 e. The molecule has 0 spiro atoms. The van der Waals surface area contributed by atoms with Gasteiger partial charge in [-0.3, -0.25) is 14.2 Å². The molecule has 176 valence electrons. The SMILES string of the molecule is CC(C)(C)C1CCC(OC(=O)Cn2cnc3sc4c(c3c2=O)CCC(C(C)(C)C)C4)CC1. The summed E-state index contributed by atoms with van der Waals surface area (Å²) >= 11 is 1.65. The van der Waals surface area contributed by atoms with Gasteiger partial charge in [0.25, 0.3) is 5.56 Å². The topological polar surface area (TPSA) is 61.2 Å². The van der Waals surface area contributed by atoms with Crippen LogP contribution in [0.1, 0.15) is 84.1 Å². The van der Waals surface area contributed by atoms with E-state index in [9.17, 15) is 9.59 Å². The minimum absolute atomic E-state index is 0.0308. The van der Waals surface area contributed by atoms with Crippen LogP contribution in [0.25, 0.3) is 10.2 Å². The van der Waals surface area contributed by atoms with Gasteiger partial charge >= 0.3 is 5.97 Å². The molecule has 32 heavy (non-hydrogen) atoms. The van der Waals surface area contributed by atoms with Crippen LogP contribution >= 0.6 is 11.3 Å². The van der Waals surface area contributed by atoms with Crippen molar-refractivity contribution in [2.45, 2.75) is 99.1 Å². The average Bonchev–Trinajstić information content (AvgIpc) is 3.07. The molecule has 2 aliphatic carbocycles. The lowest BCUT2D eigenvalue weighted by atomic mass is 9.72. The number of carbonyl (C=O) groups is 1. The minimum atomic E-state index is -0.329. The van der Waals surface area contributed by atoms with Gasteiger partial charge < -0.3 is 4.74 Å². The number of hydrogen-bond donors (Lipinski definition) is 0. The Labute approximate surface area is 195 Å². The zero-order valence-corrected chi connectivity index (χ0v) is 21.3. The molecule has 1 fully saturated rings. The molecule has 2 aliphatic rings. The second-order valence-corrected chi connectivity index (χ2v) is 13.1. The number of ether oxygens (including phenoxy) is 1. The predicted molar refractivity (Wildman–Crippen MR) is 130 cm³/mol. The van der Waals surface area contributed by atoms with E-state index in [1.807, 2.05) is 0 Å². The van der Waals surface area contributed by atoms with Crippen LogP contribution in [0.15, 0.2) is 11.1 Å². The summed E-state index contributed by atoms with van der Waals surface area (Å²) in [4.78, 5) is 32.5. The van der Waals surface area contributed by atoms with Crippen molar-refractivity contribution in [2.24, 2.45) is 22.7 Å². The zero-order chi connectivity index (χ0) is 23.3. The molecule has 6 heteroatoms. The number of hydrogen-bond acceptors (Lipinski definition) is 5. The van der Waals surface area contributed by atoms with Crippen molar-refractivity contribution in [2.75, 3.05) is 0 Å². The Balaban J connectivity index is 1.45. The number of rotatable bonds is 3. The highest BCUT2D eigenvalue weighted by Crippen LogP contribution is 2.42. The fraction of sp³-hybridized carbons (Fsp3) is 0.731. The summed E-state index contributed by atoms with van der Waals surface area (Å²) in [6.45, 7) is 13.7. The number of aromatic nitrogens is 2. The van der Waals surface area contributed by atoms with Gasteiger partial charge in [0.1, 0.15) is 17.5 Å². The quantitative estimate of drug-likeness (QED) is 0.549. The van der Waals surface area contributed by atoms with Crippen LogP contribution in [0.5, 0.6) is 0 Å². The molecule has 0 aliphatic heterocycles. The summed E-state index contributed by atoms with van der Waals surface area (Å²) in [5.41, 5.74) is 1.62. The van der Waals surface area contributed by atoms with Crippen LogP contribution in [0.2, 0.25) is 0 Å². The highest BCUT2D eigenvalue weighted by molar-refractivity contribution is 7.18. The van der Waals surface area contributed by atoms with Crippen LogP contribution in [-0.4, -0.2) is 21.6 Å². The number of thiophene rings is 1. The standard InChI is InChI=1S/C26H38N2O3S/c1-25(2,3)16-7-10-18(11-8-16)31-21(29)14-28-15-27-23-22(24(28)30)19-12-9-17(26(4,5)6)13-20(19)32-23/h15-18H,7-14H2,1-6H3. The van der Waals surface area contributed by atoms with E-state index in [0.717, 1.165) is 60.7 Å². The first kappa shape index (κ1) is 23.5. The molecule has 0 N–H and O–H groups in total. The molecule has 2 heterocycles. The van der Waals surface area contributed by atoms with Gasteiger partial charge in [0.2, 0.25) is 0 Å². The maximum absolute atomic E-state index is 13.2. The van der Waals surface area contributed by atoms with Gasteiger partial charge in [-0.2, -0.15) is 0 Å². The number of aryl methyl sites for hydroxylation is 1. The molecule has 1 unspecified atom stereocenters. The van der Waals surface area contributed by atoms with Gasteiger partial charge in [-0.1, -0.05) is 41.5 Å². The number of fused-ring (bicyclic) bond motifs is 3. The summed E-state index contributed by atoms with van der Waals surface area (Å²) in [6.07, 6.45) is 8.51. The summed E-state index contributed by atoms with van der Waals surface area (Å²) in [7, 11) is 0. The van der Waals surface area contributed by atoms with E-state index in [4.69, 9.17) is 4.74 Å². The Morgan fingerprint density at radius 2 is 1.72 bits per heavy atom. The van der Waals surface area contributed by atoms with Crippen LogP contribution in [0.3, 0.4) is 0 Å². The molecule has 0 radical (unpaired) electrons. The first-order valence-electron chi connectivity index (χ1n) is 12.1. The van der Waals surface area contributed by atoms with E-state index < -0.39 is 0 Å². The Hall–Kier alpha value is -1.69. The van der Waals surface area contributed by atoms with E-state index in [1.165, 1.54) is 15.8 Å². The molecular formula is C26H38N2O3S. The first-order chi connectivity index (χ1) is 14.9. The van der Waals surface area contributed by atoms with Gasteiger partial charge in [-0.05, 0) is 73.2 Å². The van der Waals surface area contributed by atoms with Gasteiger partial charge in [0, 0.05) is 4.88 Å². The van der Waals surface area contributed by atoms with E-state index in [-0.39, 0.29) is 29.6 Å². The fourth-order valence-electron chi connectivity index (χ4n) is 5.46. The van der Waals surface area contributed by atoms with Crippen molar-refractivity contribution >= 4 is 27.5 Å². The van der Waals surface area contributed by atoms with Gasteiger partial charge in [0.05, 0.1) is 11.7 Å². The number of nitrogens with zero attached hydrogens (tertiary/aromatic N) is 2. The smallest absolute Gasteiger partial charge is 0.326 e. The number of esters is 1. The molecule has 1 saturated carbocycles. The highest BCUT2D eigenvalue weighted by atomic mass is 32.1. The van der Waals surface area contributed by atoms with Crippen molar-refractivity contribution in [3.63, 3.8) is 0 Å². The van der Waals surface area contributed by atoms with Crippen LogP contribution in [0, 0.1) is 22.7 Å². The van der Waals surface area contributed by atoms with Crippen LogP contribution < -0.4 is 5.56 Å². The molecule has 0 aromatic carbocycles. The lowest BCUT2D eigenvalue weighted by Gasteiger charge is -2.36. The first-order valence-corrected chi connectivity index (χ1v) is 12.9. The van der Waals surface area contributed by atoms with Gasteiger partial charge in [-0.15, -0.1) is 11.3 Å². The van der Waals surface area contributed by atoms with Gasteiger partial charge in [-0.25, -0.2) is 4.98 Å². The second-order valence-electron chi connectivity index (χ2n) is 12.0. The van der Waals surface area contributed by atoms with Gasteiger partial charge in [0.15, 0.2) is 0 Å². The maximum Gasteiger partial charge on any atom is 0.326 e. The van der Waals surface area contributed by atoms with E-state index >= 15 is 0 Å². The third-order valence-corrected chi connectivity index (χ3v) is 8.92. The predicted octanol–water partition coefficient (Wildman–Crippen LogP) is 5.76. The third kappa shape index (κ3) is 4.80. The van der Waals surface area contributed by atoms with Crippen molar-refractivity contribution < 1.29 is 9.53 Å². The largest absolute Gasteiger partial charge is 0.461 e. The summed E-state index contributed by atoms with van der Waals surface area (Å²) in [6, 6.07) is 0. The fourth-order valence-corrected chi connectivity index (χ4v) is 6.72. The Morgan fingerprint density at radius 1 is 1.06 bits per heavy atom. The lowest BCUT2D eigenvalue weighted by molar-refractivity contribution is -0.152. The summed E-state index contributed by atoms with van der Waals surface area (Å²) in [5, 5.41) is 0.721. The summed E-state index contributed by atoms with van der Waals surface area (Å²) < 4.78 is 7.18. The molecule has 0 saturated heterocycles. The average molecular weight is 459 g/mol. The Kier molecular flexibility index (Phi) is 6.30. The Bertz CT molecular complexity index is 1050. The van der Waals surface area contributed by atoms with Crippen LogP contribution in [-0.2, 0) is 28.9 Å². The molecule has 1 atom stereocenters. The monoisotopic (exact) mass is 458 g/mol. The highest BCUT2D eigenvalue weighted by Gasteiger charge is 2.33. The van der Waals surface area contributed by atoms with Crippen molar-refractivity contribution in [1.29, 1.82) is 0 Å². The van der Waals surface area contributed by atoms with E-state index in [1.54, 1.807) is 11.3 Å². The van der Waals surface area contributed by atoms with E-state index in [0.29, 0.717) is 17.3 Å². The van der Waals surface area contributed by atoms with Crippen molar-refractivity contribution in [1.82, 2.24) is 9.55 Å². The molecule has 2 aromatic heterocycles. The zero-order valence-electron chi connectivity index (χ0n) is 20.5. The van der Waals surface area contributed by atoms with E-state index in [2.05, 4.69) is 46.5 Å². The van der Waals surface area contributed by atoms with Crippen molar-refractivity contribution in [3.8, 4) is 0 Å². The summed E-state index contributed by atoms with van der Waals surface area (Å²) in [5.74, 6) is 0.965. The Morgan fingerprint density at radius 3 is 2.34 bits per heavy atom. The molecule has 2 aromatic rings. The maximum atomic E-state index is 13.2. The molecule has 4 rings (SSSR count). The lowest BCUT2D eigenvalue weighted by Crippen LogP contribution is -2.32. The molecular weight excluding hydrogens is 420 g/mol. The normalized spacial score (nSPS) is 24.4. The van der Waals surface area contributed by atoms with Crippen LogP contribution in [0.4, 0.5) is 0 Å². The van der Waals surface area contributed by atoms with Crippen molar-refractivity contribution in [3.05, 3.63) is 27.1 Å². The molecule has 0 amide bonds. The number of carbonyl (C=O) groups excluding carboxylic acids is 1. The molecule has 0 bridgehead atoms. The third-order valence-electron chi connectivity index (χ3n) is 7.76. The molecule has 5 nitrogen and oxygen atoms in total.